The minimum atomic E-state index is -3.56. The molecule has 0 radical (unpaired) electrons. The number of sulfonamides is 1. The van der Waals surface area contributed by atoms with Gasteiger partial charge in [-0.05, 0) is 36.6 Å². The first-order valence-corrected chi connectivity index (χ1v) is 12.7. The second kappa shape index (κ2) is 9.66. The van der Waals surface area contributed by atoms with Crippen LogP contribution in [0.3, 0.4) is 0 Å². The lowest BCUT2D eigenvalue weighted by Crippen LogP contribution is -2.53. The van der Waals surface area contributed by atoms with Crippen LogP contribution in [0.1, 0.15) is 31.2 Å². The zero-order valence-corrected chi connectivity index (χ0v) is 19.7. The van der Waals surface area contributed by atoms with E-state index in [1.165, 1.54) is 0 Å². The largest absolute Gasteiger partial charge is 0.382 e. The van der Waals surface area contributed by atoms with E-state index in [0.29, 0.717) is 0 Å². The van der Waals surface area contributed by atoms with Gasteiger partial charge in [0.05, 0.1) is 28.0 Å². The molecule has 2 atom stereocenters. The quantitative estimate of drug-likeness (QED) is 0.387. The van der Waals surface area contributed by atoms with Gasteiger partial charge in [-0.1, -0.05) is 49.3 Å². The Morgan fingerprint density at radius 1 is 1.25 bits per heavy atom. The molecule has 4 rings (SSSR count). The van der Waals surface area contributed by atoms with E-state index in [4.69, 9.17) is 17.0 Å². The number of hydrogen-bond donors (Lipinski definition) is 2. The van der Waals surface area contributed by atoms with Crippen LogP contribution in [0.25, 0.3) is 5.65 Å². The van der Waals surface area contributed by atoms with Crippen molar-refractivity contribution in [2.24, 2.45) is 0 Å². The highest BCUT2D eigenvalue weighted by atomic mass is 32.2. The molecule has 1 aliphatic rings. The van der Waals surface area contributed by atoms with E-state index in [2.05, 4.69) is 27.3 Å². The first-order chi connectivity index (χ1) is 15.5. The molecule has 1 aliphatic carbocycles. The van der Waals surface area contributed by atoms with Gasteiger partial charge in [0.2, 0.25) is 10.0 Å². The van der Waals surface area contributed by atoms with Crippen molar-refractivity contribution in [2.45, 2.75) is 42.1 Å². The van der Waals surface area contributed by atoms with Crippen LogP contribution in [0.15, 0.2) is 66.0 Å². The minimum Gasteiger partial charge on any atom is -0.382 e. The van der Waals surface area contributed by atoms with Gasteiger partial charge in [-0.3, -0.25) is 0 Å². The van der Waals surface area contributed by atoms with Crippen LogP contribution >= 0.6 is 12.2 Å². The molecule has 1 aromatic carbocycles. The Labute approximate surface area is 194 Å². The summed E-state index contributed by atoms with van der Waals surface area (Å²) < 4.78 is 35.9. The number of rotatable bonds is 8. The van der Waals surface area contributed by atoms with Gasteiger partial charge in [0.15, 0.2) is 0 Å². The summed E-state index contributed by atoms with van der Waals surface area (Å²) in [6.07, 6.45) is 9.43. The van der Waals surface area contributed by atoms with Gasteiger partial charge in [0.25, 0.3) is 0 Å². The Morgan fingerprint density at radius 2 is 2.06 bits per heavy atom. The minimum absolute atomic E-state index is 0.154. The molecule has 0 saturated heterocycles. The van der Waals surface area contributed by atoms with Crippen LogP contribution in [-0.4, -0.2) is 49.1 Å². The summed E-state index contributed by atoms with van der Waals surface area (Å²) in [5.74, 6) is 0. The third-order valence-corrected chi connectivity index (χ3v) is 8.19. The number of hydrogen-bond acceptors (Lipinski definition) is 5. The number of fused-ring (bicyclic) bond motifs is 1. The maximum atomic E-state index is 12.5. The predicted molar refractivity (Wildman–Crippen MR) is 128 cm³/mol. The molecule has 2 N–H and O–H groups in total. The SMILES string of the molecule is CNC(=S)C1(c2ccc3nccn3c2)CCCCC1OCCNS(=O)(=O)c1ccccc1. The van der Waals surface area contributed by atoms with Crippen molar-refractivity contribution in [2.75, 3.05) is 20.2 Å². The molecule has 0 spiro atoms. The van der Waals surface area contributed by atoms with Gasteiger partial charge in [-0.15, -0.1) is 0 Å². The van der Waals surface area contributed by atoms with Gasteiger partial charge in [0, 0.05) is 32.2 Å². The summed E-state index contributed by atoms with van der Waals surface area (Å²) in [4.78, 5) is 5.33. The molecule has 0 amide bonds. The molecule has 1 fully saturated rings. The van der Waals surface area contributed by atoms with Gasteiger partial charge in [-0.2, -0.15) is 0 Å². The first kappa shape index (κ1) is 22.8. The van der Waals surface area contributed by atoms with Crippen LogP contribution in [0, 0.1) is 0 Å². The topological polar surface area (TPSA) is 84.7 Å². The zero-order valence-electron chi connectivity index (χ0n) is 18.0. The Kier molecular flexibility index (Phi) is 6.90. The van der Waals surface area contributed by atoms with Crippen LogP contribution in [-0.2, 0) is 20.2 Å². The molecule has 1 saturated carbocycles. The Hall–Kier alpha value is -2.33. The maximum absolute atomic E-state index is 12.5. The van der Waals surface area contributed by atoms with Crippen molar-refractivity contribution in [3.63, 3.8) is 0 Å². The second-order valence-corrected chi connectivity index (χ2v) is 10.2. The van der Waals surface area contributed by atoms with Gasteiger partial charge >= 0.3 is 0 Å². The molecule has 170 valence electrons. The van der Waals surface area contributed by atoms with Gasteiger partial charge < -0.3 is 14.5 Å². The molecular formula is C23H28N4O3S2. The molecule has 32 heavy (non-hydrogen) atoms. The van der Waals surface area contributed by atoms with Gasteiger partial charge in [0.1, 0.15) is 5.65 Å². The molecule has 7 nitrogen and oxygen atoms in total. The molecule has 0 bridgehead atoms. The summed E-state index contributed by atoms with van der Waals surface area (Å²) >= 11 is 5.82. The zero-order chi connectivity index (χ0) is 22.6. The number of pyridine rings is 1. The van der Waals surface area contributed by atoms with Crippen LogP contribution in [0.5, 0.6) is 0 Å². The lowest BCUT2D eigenvalue weighted by Gasteiger charge is -2.44. The maximum Gasteiger partial charge on any atom is 0.240 e. The number of nitrogens with one attached hydrogen (secondary N) is 2. The fourth-order valence-electron chi connectivity index (χ4n) is 4.55. The normalized spacial score (nSPS) is 21.5. The number of thiocarbonyl (C=S) groups is 1. The Balaban J connectivity index is 1.52. The van der Waals surface area contributed by atoms with E-state index in [-0.39, 0.29) is 24.2 Å². The van der Waals surface area contributed by atoms with Crippen molar-refractivity contribution in [3.05, 3.63) is 66.6 Å². The molecule has 2 unspecified atom stereocenters. The second-order valence-electron chi connectivity index (χ2n) is 7.98. The van der Waals surface area contributed by atoms with Crippen LogP contribution < -0.4 is 10.0 Å². The third-order valence-electron chi connectivity index (χ3n) is 6.14. The highest BCUT2D eigenvalue weighted by molar-refractivity contribution is 7.89. The van der Waals surface area contributed by atoms with Crippen LogP contribution in [0.2, 0.25) is 0 Å². The van der Waals surface area contributed by atoms with Gasteiger partial charge in [-0.25, -0.2) is 18.1 Å². The average Bonchev–Trinajstić information content (AvgIpc) is 3.30. The van der Waals surface area contributed by atoms with E-state index in [0.717, 1.165) is 41.9 Å². The van der Waals surface area contributed by atoms with Crippen molar-refractivity contribution in [1.29, 1.82) is 0 Å². The standard InChI is InChI=1S/C23H28N4O3S2/c1-24-22(31)23(18-10-11-21-25-13-15-27(21)17-18)12-6-5-9-20(23)30-16-14-26-32(28,29)19-7-3-2-4-8-19/h2-4,7-8,10-11,13,15,17,20,26H,5-6,9,12,14,16H2,1H3,(H,24,31). The molecule has 9 heteroatoms. The van der Waals surface area contributed by atoms with Crippen molar-refractivity contribution < 1.29 is 13.2 Å². The highest BCUT2D eigenvalue weighted by Gasteiger charge is 2.46. The van der Waals surface area contributed by atoms with E-state index in [9.17, 15) is 8.42 Å². The van der Waals surface area contributed by atoms with E-state index < -0.39 is 15.4 Å². The molecule has 0 aliphatic heterocycles. The highest BCUT2D eigenvalue weighted by Crippen LogP contribution is 2.42. The summed E-state index contributed by atoms with van der Waals surface area (Å²) in [5.41, 5.74) is 1.49. The monoisotopic (exact) mass is 472 g/mol. The lowest BCUT2D eigenvalue weighted by atomic mass is 9.67. The number of likely N-dealkylation sites (N-methyl/N-ethyl adjacent to an activating group) is 1. The van der Waals surface area contributed by atoms with E-state index in [1.807, 2.05) is 23.7 Å². The summed E-state index contributed by atoms with van der Waals surface area (Å²) in [7, 11) is -1.71. The molecule has 2 heterocycles. The Morgan fingerprint density at radius 3 is 2.84 bits per heavy atom. The average molecular weight is 473 g/mol. The van der Waals surface area contributed by atoms with Crippen molar-refractivity contribution >= 4 is 32.9 Å². The van der Waals surface area contributed by atoms with Crippen molar-refractivity contribution in [1.82, 2.24) is 19.4 Å². The fraction of sp³-hybridized carbons (Fsp3) is 0.391. The van der Waals surface area contributed by atoms with Crippen LogP contribution in [0.4, 0.5) is 0 Å². The number of nitrogens with zero attached hydrogens (tertiary/aromatic N) is 2. The third kappa shape index (κ3) is 4.43. The number of imidazole rings is 1. The number of benzene rings is 1. The number of ether oxygens (including phenoxy) is 1. The summed E-state index contributed by atoms with van der Waals surface area (Å²) in [6, 6.07) is 12.4. The summed E-state index contributed by atoms with van der Waals surface area (Å²) in [6.45, 7) is 0.453. The van der Waals surface area contributed by atoms with E-state index in [1.54, 1.807) is 36.5 Å². The fourth-order valence-corrected chi connectivity index (χ4v) is 5.94. The van der Waals surface area contributed by atoms with Crippen molar-refractivity contribution in [3.8, 4) is 0 Å². The molecule has 3 aromatic rings. The molecular weight excluding hydrogens is 444 g/mol. The first-order valence-electron chi connectivity index (χ1n) is 10.8. The smallest absolute Gasteiger partial charge is 0.240 e. The number of aromatic nitrogens is 2. The predicted octanol–water partition coefficient (Wildman–Crippen LogP) is 3.06. The molecule has 2 aromatic heterocycles. The lowest BCUT2D eigenvalue weighted by molar-refractivity contribution is -0.00272. The van der Waals surface area contributed by atoms with E-state index >= 15 is 0 Å². The Bertz CT molecular complexity index is 1180. The summed E-state index contributed by atoms with van der Waals surface area (Å²) in [5, 5.41) is 3.20.